The zero-order valence-electron chi connectivity index (χ0n) is 8.32. The Morgan fingerprint density at radius 3 is 2.77 bits per heavy atom. The van der Waals surface area contributed by atoms with Gasteiger partial charge in [0.05, 0.1) is 12.6 Å². The highest BCUT2D eigenvalue weighted by atomic mass is 16.5. The number of carbonyl (C=O) groups is 1. The van der Waals surface area contributed by atoms with Crippen LogP contribution in [0.1, 0.15) is 6.92 Å². The van der Waals surface area contributed by atoms with Crippen LogP contribution in [-0.2, 0) is 9.53 Å². The van der Waals surface area contributed by atoms with E-state index in [4.69, 9.17) is 10.5 Å². The van der Waals surface area contributed by atoms with Gasteiger partial charge >= 0.3 is 0 Å². The summed E-state index contributed by atoms with van der Waals surface area (Å²) in [5.74, 6) is -0.0723. The summed E-state index contributed by atoms with van der Waals surface area (Å²) in [6.45, 7) is 6.84. The van der Waals surface area contributed by atoms with Crippen molar-refractivity contribution >= 4 is 5.91 Å². The number of nitrogens with zero attached hydrogens (tertiary/aromatic N) is 1. The van der Waals surface area contributed by atoms with E-state index in [-0.39, 0.29) is 5.91 Å². The molecule has 0 saturated carbocycles. The molecule has 0 saturated heterocycles. The first kappa shape index (κ1) is 12.1. The van der Waals surface area contributed by atoms with Crippen LogP contribution in [0.2, 0.25) is 0 Å². The van der Waals surface area contributed by atoms with Crippen LogP contribution < -0.4 is 5.73 Å². The van der Waals surface area contributed by atoms with Crippen molar-refractivity contribution in [2.75, 3.05) is 26.8 Å². The number of amides is 1. The van der Waals surface area contributed by atoms with E-state index in [0.717, 1.165) is 0 Å². The van der Waals surface area contributed by atoms with E-state index >= 15 is 0 Å². The van der Waals surface area contributed by atoms with E-state index < -0.39 is 6.04 Å². The van der Waals surface area contributed by atoms with E-state index in [1.807, 2.05) is 0 Å². The van der Waals surface area contributed by atoms with Gasteiger partial charge in [0.2, 0.25) is 5.91 Å². The Bertz CT molecular complexity index is 169. The SMILES string of the molecule is C=CCN(CCOC)C(=O)C(C)N. The van der Waals surface area contributed by atoms with Crippen molar-refractivity contribution in [3.63, 3.8) is 0 Å². The molecular weight excluding hydrogens is 168 g/mol. The summed E-state index contributed by atoms with van der Waals surface area (Å²) in [7, 11) is 1.60. The van der Waals surface area contributed by atoms with Crippen LogP contribution in [0.4, 0.5) is 0 Å². The summed E-state index contributed by atoms with van der Waals surface area (Å²) >= 11 is 0. The third kappa shape index (κ3) is 4.65. The topological polar surface area (TPSA) is 55.6 Å². The van der Waals surface area contributed by atoms with Gasteiger partial charge in [-0.1, -0.05) is 6.08 Å². The Hall–Kier alpha value is -0.870. The molecule has 0 radical (unpaired) electrons. The molecule has 1 unspecified atom stereocenters. The Morgan fingerprint density at radius 1 is 1.77 bits per heavy atom. The molecule has 0 aromatic heterocycles. The monoisotopic (exact) mass is 186 g/mol. The molecule has 13 heavy (non-hydrogen) atoms. The predicted octanol–water partition coefficient (Wildman–Crippen LogP) is -0.00540. The molecule has 0 spiro atoms. The summed E-state index contributed by atoms with van der Waals surface area (Å²) in [5, 5.41) is 0. The minimum atomic E-state index is -0.461. The summed E-state index contributed by atoms with van der Waals surface area (Å²) in [6.07, 6.45) is 1.68. The second-order valence-electron chi connectivity index (χ2n) is 2.85. The molecular formula is C9H18N2O2. The Balaban J connectivity index is 4.06. The minimum Gasteiger partial charge on any atom is -0.383 e. The van der Waals surface area contributed by atoms with Gasteiger partial charge in [0.25, 0.3) is 0 Å². The van der Waals surface area contributed by atoms with Gasteiger partial charge in [-0.25, -0.2) is 0 Å². The normalized spacial score (nSPS) is 12.2. The molecule has 4 heteroatoms. The Morgan fingerprint density at radius 2 is 2.38 bits per heavy atom. The van der Waals surface area contributed by atoms with Crippen LogP contribution in [0.3, 0.4) is 0 Å². The van der Waals surface area contributed by atoms with Crippen LogP contribution in [0.25, 0.3) is 0 Å². The van der Waals surface area contributed by atoms with E-state index in [0.29, 0.717) is 19.7 Å². The Kier molecular flexibility index (Phi) is 6.18. The second kappa shape index (κ2) is 6.62. The van der Waals surface area contributed by atoms with E-state index in [2.05, 4.69) is 6.58 Å². The number of hydrogen-bond donors (Lipinski definition) is 1. The predicted molar refractivity (Wildman–Crippen MR) is 52.3 cm³/mol. The van der Waals surface area contributed by atoms with Crippen molar-refractivity contribution < 1.29 is 9.53 Å². The summed E-state index contributed by atoms with van der Waals surface area (Å²) in [4.78, 5) is 13.1. The average molecular weight is 186 g/mol. The highest BCUT2D eigenvalue weighted by Crippen LogP contribution is 1.93. The first-order valence-corrected chi connectivity index (χ1v) is 4.27. The fraction of sp³-hybridized carbons (Fsp3) is 0.667. The third-order valence-electron chi connectivity index (χ3n) is 1.62. The Labute approximate surface area is 79.3 Å². The van der Waals surface area contributed by atoms with Crippen molar-refractivity contribution in [1.82, 2.24) is 4.90 Å². The van der Waals surface area contributed by atoms with Crippen LogP contribution in [0.15, 0.2) is 12.7 Å². The van der Waals surface area contributed by atoms with E-state index in [1.165, 1.54) is 0 Å². The lowest BCUT2D eigenvalue weighted by Gasteiger charge is -2.22. The zero-order valence-corrected chi connectivity index (χ0v) is 8.32. The lowest BCUT2D eigenvalue weighted by molar-refractivity contribution is -0.132. The van der Waals surface area contributed by atoms with Gasteiger partial charge in [-0.3, -0.25) is 4.79 Å². The molecule has 0 heterocycles. The molecule has 0 bridgehead atoms. The van der Waals surface area contributed by atoms with E-state index in [1.54, 1.807) is 25.0 Å². The lowest BCUT2D eigenvalue weighted by atomic mass is 10.3. The highest BCUT2D eigenvalue weighted by molar-refractivity contribution is 5.81. The molecule has 1 atom stereocenters. The minimum absolute atomic E-state index is 0.0723. The maximum atomic E-state index is 11.4. The maximum Gasteiger partial charge on any atom is 0.239 e. The van der Waals surface area contributed by atoms with Gasteiger partial charge in [-0.15, -0.1) is 6.58 Å². The van der Waals surface area contributed by atoms with Crippen molar-refractivity contribution in [2.24, 2.45) is 5.73 Å². The molecule has 1 amide bonds. The van der Waals surface area contributed by atoms with Crippen LogP contribution in [-0.4, -0.2) is 43.7 Å². The van der Waals surface area contributed by atoms with Crippen LogP contribution >= 0.6 is 0 Å². The molecule has 0 aliphatic rings. The van der Waals surface area contributed by atoms with E-state index in [9.17, 15) is 4.79 Å². The van der Waals surface area contributed by atoms with Gasteiger partial charge < -0.3 is 15.4 Å². The number of rotatable bonds is 6. The molecule has 0 aromatic rings. The maximum absolute atomic E-state index is 11.4. The van der Waals surface area contributed by atoms with Crippen LogP contribution in [0, 0.1) is 0 Å². The summed E-state index contributed by atoms with van der Waals surface area (Å²) < 4.78 is 4.88. The number of ether oxygens (including phenoxy) is 1. The highest BCUT2D eigenvalue weighted by Gasteiger charge is 2.15. The van der Waals surface area contributed by atoms with Gasteiger partial charge in [0.15, 0.2) is 0 Å². The van der Waals surface area contributed by atoms with Crippen molar-refractivity contribution in [3.05, 3.63) is 12.7 Å². The first-order valence-electron chi connectivity index (χ1n) is 4.27. The molecule has 2 N–H and O–H groups in total. The molecule has 0 fully saturated rings. The van der Waals surface area contributed by atoms with Gasteiger partial charge in [-0.2, -0.15) is 0 Å². The first-order chi connectivity index (χ1) is 6.13. The van der Waals surface area contributed by atoms with Crippen molar-refractivity contribution in [3.8, 4) is 0 Å². The van der Waals surface area contributed by atoms with Gasteiger partial charge in [0, 0.05) is 20.2 Å². The quantitative estimate of drug-likeness (QED) is 0.594. The van der Waals surface area contributed by atoms with Crippen molar-refractivity contribution in [1.29, 1.82) is 0 Å². The number of nitrogens with two attached hydrogens (primary N) is 1. The molecule has 0 aliphatic heterocycles. The molecule has 0 aliphatic carbocycles. The fourth-order valence-corrected chi connectivity index (χ4v) is 0.937. The zero-order chi connectivity index (χ0) is 10.3. The standard InChI is InChI=1S/C9H18N2O2/c1-4-5-11(6-7-13-3)9(12)8(2)10/h4,8H,1,5-7,10H2,2-3H3. The number of carbonyl (C=O) groups excluding carboxylic acids is 1. The fourth-order valence-electron chi connectivity index (χ4n) is 0.937. The van der Waals surface area contributed by atoms with Gasteiger partial charge in [-0.05, 0) is 6.92 Å². The third-order valence-corrected chi connectivity index (χ3v) is 1.62. The van der Waals surface area contributed by atoms with Crippen molar-refractivity contribution in [2.45, 2.75) is 13.0 Å². The molecule has 76 valence electrons. The molecule has 0 rings (SSSR count). The smallest absolute Gasteiger partial charge is 0.239 e. The lowest BCUT2D eigenvalue weighted by Crippen LogP contribution is -2.43. The molecule has 4 nitrogen and oxygen atoms in total. The number of hydrogen-bond acceptors (Lipinski definition) is 3. The molecule has 0 aromatic carbocycles. The largest absolute Gasteiger partial charge is 0.383 e. The number of methoxy groups -OCH3 is 1. The second-order valence-corrected chi connectivity index (χ2v) is 2.85. The summed E-state index contributed by atoms with van der Waals surface area (Å²) in [5.41, 5.74) is 5.47. The van der Waals surface area contributed by atoms with Gasteiger partial charge in [0.1, 0.15) is 0 Å². The van der Waals surface area contributed by atoms with Crippen LogP contribution in [0.5, 0.6) is 0 Å². The average Bonchev–Trinajstić information content (AvgIpc) is 2.11. The summed E-state index contributed by atoms with van der Waals surface area (Å²) in [6, 6.07) is -0.461.